The Morgan fingerprint density at radius 1 is 1.06 bits per heavy atom. The van der Waals surface area contributed by atoms with Crippen molar-refractivity contribution in [1.82, 2.24) is 20.4 Å². The van der Waals surface area contributed by atoms with Crippen LogP contribution < -0.4 is 15.5 Å². The molecule has 162 valence electrons. The number of urea groups is 1. The molecule has 8 heteroatoms. The van der Waals surface area contributed by atoms with Crippen LogP contribution >= 0.6 is 0 Å². The lowest BCUT2D eigenvalue weighted by Gasteiger charge is -2.19. The zero-order valence-electron chi connectivity index (χ0n) is 17.1. The Bertz CT molecular complexity index is 1010. The highest BCUT2D eigenvalue weighted by Gasteiger charge is 2.23. The van der Waals surface area contributed by atoms with Crippen LogP contribution in [0.4, 0.5) is 19.3 Å². The average Bonchev–Trinajstić information content (AvgIpc) is 3.47. The Morgan fingerprint density at radius 2 is 1.87 bits per heavy atom. The number of amides is 2. The van der Waals surface area contributed by atoms with Crippen LogP contribution in [-0.4, -0.2) is 42.0 Å². The topological polar surface area (TPSA) is 62.2 Å². The van der Waals surface area contributed by atoms with Crippen LogP contribution in [0.5, 0.6) is 0 Å². The lowest BCUT2D eigenvalue weighted by molar-refractivity contribution is 0.239. The molecule has 2 aromatic carbocycles. The Hall–Kier alpha value is -3.42. The molecule has 1 saturated heterocycles. The fourth-order valence-electron chi connectivity index (χ4n) is 3.77. The first kappa shape index (κ1) is 20.8. The number of halogens is 2. The molecule has 3 aromatic rings. The van der Waals surface area contributed by atoms with Crippen LogP contribution in [0.2, 0.25) is 0 Å². The lowest BCUT2D eigenvalue weighted by atomic mass is 10.1. The van der Waals surface area contributed by atoms with Gasteiger partial charge in [0.1, 0.15) is 0 Å². The molecular formula is C23H25F2N5O. The number of hydrogen-bond acceptors (Lipinski definition) is 3. The number of benzene rings is 2. The third kappa shape index (κ3) is 5.39. The maximum atomic E-state index is 13.4. The highest BCUT2D eigenvalue weighted by atomic mass is 19.2. The summed E-state index contributed by atoms with van der Waals surface area (Å²) in [6.07, 6.45) is 5.26. The van der Waals surface area contributed by atoms with Gasteiger partial charge in [-0.3, -0.25) is 0 Å². The van der Waals surface area contributed by atoms with Crippen molar-refractivity contribution in [1.29, 1.82) is 0 Å². The Labute approximate surface area is 179 Å². The highest BCUT2D eigenvalue weighted by molar-refractivity contribution is 5.73. The van der Waals surface area contributed by atoms with Gasteiger partial charge in [-0.25, -0.2) is 18.3 Å². The van der Waals surface area contributed by atoms with Crippen LogP contribution in [0.3, 0.4) is 0 Å². The van der Waals surface area contributed by atoms with Crippen LogP contribution in [0.25, 0.3) is 5.69 Å². The zero-order valence-corrected chi connectivity index (χ0v) is 17.1. The van der Waals surface area contributed by atoms with Crippen molar-refractivity contribution < 1.29 is 13.6 Å². The van der Waals surface area contributed by atoms with E-state index in [0.717, 1.165) is 36.7 Å². The van der Waals surface area contributed by atoms with Gasteiger partial charge in [0.15, 0.2) is 11.6 Å². The largest absolute Gasteiger partial charge is 0.371 e. The first-order valence-electron chi connectivity index (χ1n) is 10.4. The van der Waals surface area contributed by atoms with E-state index in [9.17, 15) is 13.6 Å². The van der Waals surface area contributed by atoms with E-state index in [2.05, 4.69) is 15.7 Å². The fourth-order valence-corrected chi connectivity index (χ4v) is 3.77. The monoisotopic (exact) mass is 425 g/mol. The Balaban J connectivity index is 1.16. The van der Waals surface area contributed by atoms with E-state index in [1.165, 1.54) is 6.07 Å². The van der Waals surface area contributed by atoms with Gasteiger partial charge in [-0.15, -0.1) is 0 Å². The molecule has 2 amide bonds. The van der Waals surface area contributed by atoms with Crippen molar-refractivity contribution in [2.75, 3.05) is 31.1 Å². The van der Waals surface area contributed by atoms with E-state index in [0.29, 0.717) is 25.3 Å². The van der Waals surface area contributed by atoms with Crippen LogP contribution in [0, 0.1) is 17.6 Å². The molecule has 0 aliphatic carbocycles. The molecule has 6 nitrogen and oxygen atoms in total. The number of aromatic nitrogens is 2. The minimum absolute atomic E-state index is 0.195. The molecule has 1 aromatic heterocycles. The summed E-state index contributed by atoms with van der Waals surface area (Å²) in [5, 5.41) is 9.99. The molecule has 0 saturated carbocycles. The maximum absolute atomic E-state index is 13.4. The highest BCUT2D eigenvalue weighted by Crippen LogP contribution is 2.25. The van der Waals surface area contributed by atoms with Crippen molar-refractivity contribution in [2.45, 2.75) is 12.8 Å². The summed E-state index contributed by atoms with van der Waals surface area (Å²) in [5.41, 5.74) is 2.80. The number of carbonyl (C=O) groups excluding carboxylic acids is 1. The molecule has 1 aliphatic rings. The van der Waals surface area contributed by atoms with Crippen molar-refractivity contribution in [2.24, 2.45) is 5.92 Å². The van der Waals surface area contributed by atoms with Gasteiger partial charge in [-0.1, -0.05) is 12.1 Å². The van der Waals surface area contributed by atoms with Crippen molar-refractivity contribution in [3.8, 4) is 5.69 Å². The van der Waals surface area contributed by atoms with Crippen molar-refractivity contribution in [3.63, 3.8) is 0 Å². The minimum Gasteiger partial charge on any atom is -0.371 e. The minimum atomic E-state index is -0.841. The quantitative estimate of drug-likeness (QED) is 0.609. The second-order valence-corrected chi connectivity index (χ2v) is 7.70. The zero-order chi connectivity index (χ0) is 21.6. The van der Waals surface area contributed by atoms with Gasteiger partial charge in [0.05, 0.1) is 5.69 Å². The van der Waals surface area contributed by atoms with Gasteiger partial charge in [0.25, 0.3) is 0 Å². The van der Waals surface area contributed by atoms with Gasteiger partial charge in [-0.2, -0.15) is 5.10 Å². The van der Waals surface area contributed by atoms with Crippen molar-refractivity contribution in [3.05, 3.63) is 78.1 Å². The third-order valence-electron chi connectivity index (χ3n) is 5.51. The van der Waals surface area contributed by atoms with Crippen LogP contribution in [0.1, 0.15) is 12.0 Å². The molecular weight excluding hydrogens is 400 g/mol. The maximum Gasteiger partial charge on any atom is 0.314 e. The summed E-state index contributed by atoms with van der Waals surface area (Å²) in [6.45, 7) is 2.55. The van der Waals surface area contributed by atoms with E-state index < -0.39 is 11.6 Å². The second-order valence-electron chi connectivity index (χ2n) is 7.70. The number of rotatable bonds is 7. The molecule has 1 fully saturated rings. The summed E-state index contributed by atoms with van der Waals surface area (Å²) in [5.74, 6) is -1.41. The summed E-state index contributed by atoms with van der Waals surface area (Å²) in [6, 6.07) is 13.7. The van der Waals surface area contributed by atoms with Gasteiger partial charge in [0.2, 0.25) is 0 Å². The number of carbonyl (C=O) groups is 1. The first-order chi connectivity index (χ1) is 15.1. The van der Waals surface area contributed by atoms with Gasteiger partial charge in [-0.05, 0) is 54.7 Å². The molecule has 0 spiro atoms. The van der Waals surface area contributed by atoms with Crippen LogP contribution in [0.15, 0.2) is 60.9 Å². The third-order valence-corrected chi connectivity index (χ3v) is 5.51. The summed E-state index contributed by atoms with van der Waals surface area (Å²) in [7, 11) is 0. The van der Waals surface area contributed by atoms with E-state index >= 15 is 0 Å². The predicted molar refractivity (Wildman–Crippen MR) is 115 cm³/mol. The number of anilines is 1. The SMILES string of the molecule is O=C(NCCc1ccc(-n2cccn2)cc1)NCC1CCN(c2ccc(F)c(F)c2)C1. The standard InChI is InChI=1S/C23H25F2N5O/c24-21-7-6-20(14-22(21)25)29-13-9-18(16-29)15-27-23(31)26-11-8-17-2-4-19(5-3-17)30-12-1-10-28-30/h1-7,10,12,14,18H,8-9,11,13,15-16H2,(H2,26,27,31). The van der Waals surface area contributed by atoms with Crippen molar-refractivity contribution >= 4 is 11.7 Å². The molecule has 0 bridgehead atoms. The fraction of sp³-hybridized carbons (Fsp3) is 0.304. The van der Waals surface area contributed by atoms with E-state index in [-0.39, 0.29) is 11.9 Å². The molecule has 0 radical (unpaired) electrons. The lowest BCUT2D eigenvalue weighted by Crippen LogP contribution is -2.39. The molecule has 2 heterocycles. The van der Waals surface area contributed by atoms with E-state index in [1.807, 2.05) is 41.4 Å². The first-order valence-corrected chi connectivity index (χ1v) is 10.4. The Kier molecular flexibility index (Phi) is 6.45. The molecule has 1 unspecified atom stereocenters. The van der Waals surface area contributed by atoms with E-state index in [1.54, 1.807) is 16.9 Å². The Morgan fingerprint density at radius 3 is 2.61 bits per heavy atom. The van der Waals surface area contributed by atoms with Gasteiger partial charge in [0, 0.05) is 50.3 Å². The number of nitrogens with zero attached hydrogens (tertiary/aromatic N) is 3. The average molecular weight is 425 g/mol. The summed E-state index contributed by atoms with van der Waals surface area (Å²) >= 11 is 0. The molecule has 2 N–H and O–H groups in total. The molecule has 31 heavy (non-hydrogen) atoms. The second kappa shape index (κ2) is 9.59. The number of hydrogen-bond donors (Lipinski definition) is 2. The normalized spacial score (nSPS) is 15.8. The van der Waals surface area contributed by atoms with Gasteiger partial charge >= 0.3 is 6.03 Å². The summed E-state index contributed by atoms with van der Waals surface area (Å²) < 4.78 is 28.3. The van der Waals surface area contributed by atoms with Crippen LogP contribution in [-0.2, 0) is 6.42 Å². The summed E-state index contributed by atoms with van der Waals surface area (Å²) in [4.78, 5) is 14.1. The van der Waals surface area contributed by atoms with Gasteiger partial charge < -0.3 is 15.5 Å². The molecule has 1 atom stereocenters. The van der Waals surface area contributed by atoms with E-state index in [4.69, 9.17) is 0 Å². The predicted octanol–water partition coefficient (Wildman–Crippen LogP) is 3.52. The molecule has 4 rings (SSSR count). The smallest absolute Gasteiger partial charge is 0.314 e. The molecule has 1 aliphatic heterocycles. The number of nitrogens with one attached hydrogen (secondary N) is 2.